The monoisotopic (exact) mass is 265 g/mol. The number of benzene rings is 2. The molecule has 0 aliphatic heterocycles. The third-order valence-corrected chi connectivity index (χ3v) is 2.85. The van der Waals surface area contributed by atoms with Crippen molar-refractivity contribution >= 4 is 11.5 Å². The fourth-order valence-electron chi connectivity index (χ4n) is 1.79. The van der Waals surface area contributed by atoms with Gasteiger partial charge in [-0.05, 0) is 18.6 Å². The molecule has 2 aromatic rings. The van der Waals surface area contributed by atoms with E-state index in [-0.39, 0.29) is 5.56 Å². The quantitative estimate of drug-likeness (QED) is 0.669. The molecule has 0 atom stereocenters. The Morgan fingerprint density at radius 1 is 1.11 bits per heavy atom. The van der Waals surface area contributed by atoms with Crippen molar-refractivity contribution in [2.24, 2.45) is 0 Å². The molecule has 0 radical (unpaired) electrons. The van der Waals surface area contributed by atoms with E-state index >= 15 is 0 Å². The Morgan fingerprint density at radius 2 is 1.68 bits per heavy atom. The van der Waals surface area contributed by atoms with E-state index in [2.05, 4.69) is 0 Å². The van der Waals surface area contributed by atoms with Gasteiger partial charge in [-0.3, -0.25) is 4.79 Å². The second-order valence-electron chi connectivity index (χ2n) is 4.09. The van der Waals surface area contributed by atoms with Gasteiger partial charge in [-0.15, -0.1) is 0 Å². The van der Waals surface area contributed by atoms with Crippen LogP contribution in [0.15, 0.2) is 30.3 Å². The Kier molecular flexibility index (Phi) is 3.29. The van der Waals surface area contributed by atoms with Crippen molar-refractivity contribution in [3.63, 3.8) is 0 Å². The zero-order chi connectivity index (χ0) is 14.2. The van der Waals surface area contributed by atoms with E-state index in [0.29, 0.717) is 23.4 Å². The van der Waals surface area contributed by atoms with Crippen LogP contribution in [-0.2, 0) is 0 Å². The standard InChI is InChI=1S/C14H10F3NO/c1-7-9(3-2-4-12(7)18)14(19)13-10(16)5-8(15)6-11(13)17/h2-6H,18H2,1H3. The maximum absolute atomic E-state index is 13.5. The van der Waals surface area contributed by atoms with E-state index in [4.69, 9.17) is 5.73 Å². The summed E-state index contributed by atoms with van der Waals surface area (Å²) in [5, 5.41) is 0. The van der Waals surface area contributed by atoms with Gasteiger partial charge in [0.25, 0.3) is 0 Å². The molecule has 0 unspecified atom stereocenters. The van der Waals surface area contributed by atoms with Crippen LogP contribution in [0.3, 0.4) is 0 Å². The molecule has 0 aliphatic carbocycles. The van der Waals surface area contributed by atoms with Gasteiger partial charge in [-0.2, -0.15) is 0 Å². The predicted octanol–water partition coefficient (Wildman–Crippen LogP) is 3.23. The largest absolute Gasteiger partial charge is 0.398 e. The minimum absolute atomic E-state index is 0.0874. The van der Waals surface area contributed by atoms with Crippen LogP contribution in [0.2, 0.25) is 0 Å². The minimum atomic E-state index is -1.23. The zero-order valence-electron chi connectivity index (χ0n) is 10.0. The molecule has 5 heteroatoms. The second-order valence-corrected chi connectivity index (χ2v) is 4.09. The SMILES string of the molecule is Cc1c(N)cccc1C(=O)c1c(F)cc(F)cc1F. The number of carbonyl (C=O) groups excluding carboxylic acids is 1. The summed E-state index contributed by atoms with van der Waals surface area (Å²) < 4.78 is 39.9. The molecule has 19 heavy (non-hydrogen) atoms. The van der Waals surface area contributed by atoms with Gasteiger partial charge in [0.2, 0.25) is 0 Å². The van der Waals surface area contributed by atoms with Crippen molar-refractivity contribution < 1.29 is 18.0 Å². The van der Waals surface area contributed by atoms with E-state index in [0.717, 1.165) is 0 Å². The molecule has 0 aromatic heterocycles. The lowest BCUT2D eigenvalue weighted by atomic mass is 9.97. The fraction of sp³-hybridized carbons (Fsp3) is 0.0714. The molecule has 0 spiro atoms. The molecular formula is C14H10F3NO. The van der Waals surface area contributed by atoms with Crippen LogP contribution >= 0.6 is 0 Å². The van der Waals surface area contributed by atoms with E-state index < -0.39 is 28.8 Å². The summed E-state index contributed by atoms with van der Waals surface area (Å²) in [6.07, 6.45) is 0. The first-order chi connectivity index (χ1) is 8.91. The van der Waals surface area contributed by atoms with E-state index in [1.54, 1.807) is 13.0 Å². The topological polar surface area (TPSA) is 43.1 Å². The highest BCUT2D eigenvalue weighted by Crippen LogP contribution is 2.23. The molecule has 2 N–H and O–H groups in total. The van der Waals surface area contributed by atoms with Crippen molar-refractivity contribution in [2.75, 3.05) is 5.73 Å². The number of ketones is 1. The van der Waals surface area contributed by atoms with Gasteiger partial charge >= 0.3 is 0 Å². The molecule has 0 aliphatic rings. The summed E-state index contributed by atoms with van der Waals surface area (Å²) in [5.74, 6) is -4.40. The van der Waals surface area contributed by atoms with E-state index in [1.165, 1.54) is 12.1 Å². The molecule has 0 fully saturated rings. The van der Waals surface area contributed by atoms with E-state index in [1.807, 2.05) is 0 Å². The summed E-state index contributed by atoms with van der Waals surface area (Å²) in [4.78, 5) is 12.1. The first-order valence-electron chi connectivity index (χ1n) is 5.46. The molecule has 2 rings (SSSR count). The third-order valence-electron chi connectivity index (χ3n) is 2.85. The Bertz CT molecular complexity index is 645. The number of nitrogens with two attached hydrogens (primary N) is 1. The van der Waals surface area contributed by atoms with Gasteiger partial charge in [0.15, 0.2) is 5.78 Å². The Morgan fingerprint density at radius 3 is 2.26 bits per heavy atom. The lowest BCUT2D eigenvalue weighted by Crippen LogP contribution is -2.10. The van der Waals surface area contributed by atoms with Crippen LogP contribution < -0.4 is 5.73 Å². The molecule has 0 amide bonds. The Balaban J connectivity index is 2.60. The smallest absolute Gasteiger partial charge is 0.199 e. The van der Waals surface area contributed by atoms with Crippen LogP contribution in [0.5, 0.6) is 0 Å². The van der Waals surface area contributed by atoms with Crippen LogP contribution in [0.4, 0.5) is 18.9 Å². The van der Waals surface area contributed by atoms with Crippen molar-refractivity contribution in [2.45, 2.75) is 6.92 Å². The molecule has 2 nitrogen and oxygen atoms in total. The van der Waals surface area contributed by atoms with Crippen molar-refractivity contribution in [1.29, 1.82) is 0 Å². The minimum Gasteiger partial charge on any atom is -0.398 e. The highest BCUT2D eigenvalue weighted by molar-refractivity contribution is 6.10. The third kappa shape index (κ3) is 2.31. The molecule has 0 bridgehead atoms. The van der Waals surface area contributed by atoms with Crippen LogP contribution in [-0.4, -0.2) is 5.78 Å². The normalized spacial score (nSPS) is 10.5. The number of hydrogen-bond donors (Lipinski definition) is 1. The lowest BCUT2D eigenvalue weighted by Gasteiger charge is -2.09. The van der Waals surface area contributed by atoms with Crippen molar-refractivity contribution in [3.05, 3.63) is 64.5 Å². The number of rotatable bonds is 2. The van der Waals surface area contributed by atoms with E-state index in [9.17, 15) is 18.0 Å². The highest BCUT2D eigenvalue weighted by Gasteiger charge is 2.22. The van der Waals surface area contributed by atoms with Gasteiger partial charge < -0.3 is 5.73 Å². The summed E-state index contributed by atoms with van der Waals surface area (Å²) in [6.45, 7) is 1.57. The molecule has 0 heterocycles. The molecule has 98 valence electrons. The number of hydrogen-bond acceptors (Lipinski definition) is 2. The average Bonchev–Trinajstić information content (AvgIpc) is 2.31. The van der Waals surface area contributed by atoms with Gasteiger partial charge in [-0.25, -0.2) is 13.2 Å². The molecular weight excluding hydrogens is 255 g/mol. The van der Waals surface area contributed by atoms with Crippen LogP contribution in [0.1, 0.15) is 21.5 Å². The van der Waals surface area contributed by atoms with Gasteiger partial charge in [0.05, 0.1) is 5.56 Å². The average molecular weight is 265 g/mol. The van der Waals surface area contributed by atoms with Gasteiger partial charge in [-0.1, -0.05) is 12.1 Å². The first-order valence-corrected chi connectivity index (χ1v) is 5.46. The Labute approximate surface area is 107 Å². The Hall–Kier alpha value is -2.30. The maximum atomic E-state index is 13.5. The molecule has 0 saturated carbocycles. The molecule has 2 aromatic carbocycles. The van der Waals surface area contributed by atoms with Crippen LogP contribution in [0, 0.1) is 24.4 Å². The molecule has 0 saturated heterocycles. The van der Waals surface area contributed by atoms with Crippen molar-refractivity contribution in [3.8, 4) is 0 Å². The van der Waals surface area contributed by atoms with Gasteiger partial charge in [0.1, 0.15) is 17.5 Å². The maximum Gasteiger partial charge on any atom is 0.199 e. The highest BCUT2D eigenvalue weighted by atomic mass is 19.1. The fourth-order valence-corrected chi connectivity index (χ4v) is 1.79. The zero-order valence-corrected chi connectivity index (χ0v) is 10.0. The number of carbonyl (C=O) groups is 1. The summed E-state index contributed by atoms with van der Waals surface area (Å²) in [5.41, 5.74) is 5.71. The number of nitrogen functional groups attached to an aromatic ring is 1. The second kappa shape index (κ2) is 4.76. The van der Waals surface area contributed by atoms with Crippen LogP contribution in [0.25, 0.3) is 0 Å². The summed E-state index contributed by atoms with van der Waals surface area (Å²) in [6, 6.07) is 5.44. The van der Waals surface area contributed by atoms with Gasteiger partial charge in [0, 0.05) is 23.4 Å². The lowest BCUT2D eigenvalue weighted by molar-refractivity contribution is 0.103. The summed E-state index contributed by atoms with van der Waals surface area (Å²) in [7, 11) is 0. The van der Waals surface area contributed by atoms with Crippen molar-refractivity contribution in [1.82, 2.24) is 0 Å². The number of halogens is 3. The predicted molar refractivity (Wildman–Crippen MR) is 65.3 cm³/mol. The summed E-state index contributed by atoms with van der Waals surface area (Å²) >= 11 is 0. The number of anilines is 1. The first kappa shape index (κ1) is 13.1.